The predicted molar refractivity (Wildman–Crippen MR) is 75.4 cm³/mol. The van der Waals surface area contributed by atoms with Crippen molar-refractivity contribution in [2.75, 3.05) is 30.1 Å². The molecule has 1 heterocycles. The highest BCUT2D eigenvalue weighted by atomic mass is 32.2. The zero-order valence-corrected chi connectivity index (χ0v) is 11.5. The van der Waals surface area contributed by atoms with Crippen molar-refractivity contribution in [2.45, 2.75) is 6.92 Å². The molecule has 0 atom stereocenters. The zero-order chi connectivity index (χ0) is 13.7. The van der Waals surface area contributed by atoms with E-state index < -0.39 is 0 Å². The fourth-order valence-corrected chi connectivity index (χ4v) is 2.63. The third-order valence-electron chi connectivity index (χ3n) is 2.69. The van der Waals surface area contributed by atoms with Crippen LogP contribution in [0.2, 0.25) is 0 Å². The van der Waals surface area contributed by atoms with E-state index in [2.05, 4.69) is 5.32 Å². The maximum Gasteiger partial charge on any atom is 0.338 e. The Balaban J connectivity index is 1.94. The van der Waals surface area contributed by atoms with Gasteiger partial charge in [0.05, 0.1) is 18.0 Å². The lowest BCUT2D eigenvalue weighted by Crippen LogP contribution is -2.32. The molecule has 2 amide bonds. The molecule has 1 fully saturated rings. The molecule has 0 radical (unpaired) electrons. The summed E-state index contributed by atoms with van der Waals surface area (Å²) in [5.41, 5.74) is 1.16. The summed E-state index contributed by atoms with van der Waals surface area (Å²) in [6.07, 6.45) is 0. The van der Waals surface area contributed by atoms with E-state index in [1.165, 1.54) is 0 Å². The molecule has 2 rings (SSSR count). The molecule has 0 saturated carbocycles. The summed E-state index contributed by atoms with van der Waals surface area (Å²) >= 11 is 1.74. The van der Waals surface area contributed by atoms with Crippen molar-refractivity contribution >= 4 is 29.4 Å². The number of nitrogens with one attached hydrogen (secondary N) is 1. The SMILES string of the molecule is CCOC(=O)c1ccc(NC(=O)N2CCSC2)cc1. The molecule has 0 aliphatic carbocycles. The molecular formula is C13H16N2O3S. The lowest BCUT2D eigenvalue weighted by Gasteiger charge is -2.15. The van der Waals surface area contributed by atoms with Gasteiger partial charge in [0.25, 0.3) is 0 Å². The summed E-state index contributed by atoms with van der Waals surface area (Å²) in [5.74, 6) is 1.36. The van der Waals surface area contributed by atoms with Gasteiger partial charge in [-0.25, -0.2) is 9.59 Å². The van der Waals surface area contributed by atoms with Gasteiger partial charge < -0.3 is 15.0 Å². The Morgan fingerprint density at radius 3 is 2.68 bits per heavy atom. The highest BCUT2D eigenvalue weighted by Gasteiger charge is 2.18. The first kappa shape index (κ1) is 13.7. The first-order valence-corrected chi connectivity index (χ1v) is 7.27. The van der Waals surface area contributed by atoms with Crippen LogP contribution in [0.5, 0.6) is 0 Å². The monoisotopic (exact) mass is 280 g/mol. The normalized spacial score (nSPS) is 14.3. The minimum absolute atomic E-state index is 0.103. The van der Waals surface area contributed by atoms with E-state index >= 15 is 0 Å². The molecule has 0 aromatic heterocycles. The fraction of sp³-hybridized carbons (Fsp3) is 0.385. The van der Waals surface area contributed by atoms with Gasteiger partial charge in [-0.05, 0) is 31.2 Å². The van der Waals surface area contributed by atoms with Gasteiger partial charge in [-0.1, -0.05) is 0 Å². The maximum atomic E-state index is 11.8. The van der Waals surface area contributed by atoms with Gasteiger partial charge in [-0.15, -0.1) is 11.8 Å². The number of ether oxygens (including phenoxy) is 1. The Morgan fingerprint density at radius 2 is 2.11 bits per heavy atom. The third-order valence-corrected chi connectivity index (χ3v) is 3.65. The lowest BCUT2D eigenvalue weighted by molar-refractivity contribution is 0.0526. The Hall–Kier alpha value is -1.69. The van der Waals surface area contributed by atoms with Crippen LogP contribution in [0.4, 0.5) is 10.5 Å². The molecule has 0 spiro atoms. The molecule has 1 aromatic carbocycles. The Labute approximate surface area is 116 Å². The van der Waals surface area contributed by atoms with Crippen molar-refractivity contribution in [3.63, 3.8) is 0 Å². The van der Waals surface area contributed by atoms with E-state index in [-0.39, 0.29) is 12.0 Å². The number of carbonyl (C=O) groups is 2. The molecule has 6 heteroatoms. The van der Waals surface area contributed by atoms with E-state index in [0.717, 1.165) is 18.2 Å². The summed E-state index contributed by atoms with van der Waals surface area (Å²) in [7, 11) is 0. The predicted octanol–water partition coefficient (Wildman–Crippen LogP) is 2.40. The van der Waals surface area contributed by atoms with Crippen LogP contribution in [0, 0.1) is 0 Å². The van der Waals surface area contributed by atoms with Crippen molar-refractivity contribution < 1.29 is 14.3 Å². The first-order chi connectivity index (χ1) is 9.20. The van der Waals surface area contributed by atoms with Crippen LogP contribution >= 0.6 is 11.8 Å². The highest BCUT2D eigenvalue weighted by molar-refractivity contribution is 7.99. The van der Waals surface area contributed by atoms with Crippen LogP contribution in [0.1, 0.15) is 17.3 Å². The van der Waals surface area contributed by atoms with E-state index in [1.807, 2.05) is 0 Å². The molecule has 19 heavy (non-hydrogen) atoms. The number of benzene rings is 1. The van der Waals surface area contributed by atoms with Gasteiger partial charge in [0.15, 0.2) is 0 Å². The molecule has 1 aliphatic rings. The van der Waals surface area contributed by atoms with Gasteiger partial charge in [0.2, 0.25) is 0 Å². The van der Waals surface area contributed by atoms with E-state index in [1.54, 1.807) is 47.9 Å². The highest BCUT2D eigenvalue weighted by Crippen LogP contribution is 2.16. The number of hydrogen-bond acceptors (Lipinski definition) is 4. The van der Waals surface area contributed by atoms with Crippen molar-refractivity contribution in [1.82, 2.24) is 4.90 Å². The van der Waals surface area contributed by atoms with Crippen molar-refractivity contribution in [1.29, 1.82) is 0 Å². The standard InChI is InChI=1S/C13H16N2O3S/c1-2-18-12(16)10-3-5-11(6-4-10)14-13(17)15-7-8-19-9-15/h3-6H,2,7-9H2,1H3,(H,14,17). The zero-order valence-electron chi connectivity index (χ0n) is 10.7. The number of rotatable bonds is 3. The fourth-order valence-electron chi connectivity index (χ4n) is 1.68. The first-order valence-electron chi connectivity index (χ1n) is 6.11. The molecule has 1 N–H and O–H groups in total. The summed E-state index contributed by atoms with van der Waals surface area (Å²) in [4.78, 5) is 25.1. The topological polar surface area (TPSA) is 58.6 Å². The summed E-state index contributed by atoms with van der Waals surface area (Å²) < 4.78 is 4.89. The summed E-state index contributed by atoms with van der Waals surface area (Å²) in [6.45, 7) is 2.89. The number of esters is 1. The average molecular weight is 280 g/mol. The molecular weight excluding hydrogens is 264 g/mol. The van der Waals surface area contributed by atoms with E-state index in [0.29, 0.717) is 17.9 Å². The van der Waals surface area contributed by atoms with E-state index in [9.17, 15) is 9.59 Å². The van der Waals surface area contributed by atoms with E-state index in [4.69, 9.17) is 4.74 Å². The maximum absolute atomic E-state index is 11.8. The molecule has 1 aliphatic heterocycles. The van der Waals surface area contributed by atoms with Gasteiger partial charge in [0.1, 0.15) is 0 Å². The van der Waals surface area contributed by atoms with Crippen LogP contribution in [-0.4, -0.2) is 41.7 Å². The van der Waals surface area contributed by atoms with Crippen LogP contribution in [0.15, 0.2) is 24.3 Å². The number of nitrogens with zero attached hydrogens (tertiary/aromatic N) is 1. The van der Waals surface area contributed by atoms with Crippen LogP contribution in [0.3, 0.4) is 0 Å². The van der Waals surface area contributed by atoms with Crippen LogP contribution in [0.25, 0.3) is 0 Å². The second-order valence-electron chi connectivity index (χ2n) is 4.03. The van der Waals surface area contributed by atoms with Gasteiger partial charge in [-0.3, -0.25) is 0 Å². The summed E-state index contributed by atoms with van der Waals surface area (Å²) in [6, 6.07) is 6.59. The second kappa shape index (κ2) is 6.47. The largest absolute Gasteiger partial charge is 0.462 e. The van der Waals surface area contributed by atoms with Crippen molar-refractivity contribution in [3.8, 4) is 0 Å². The molecule has 1 aromatic rings. The number of carbonyl (C=O) groups excluding carboxylic acids is 2. The minimum Gasteiger partial charge on any atom is -0.462 e. The van der Waals surface area contributed by atoms with Crippen molar-refractivity contribution in [2.24, 2.45) is 0 Å². The minimum atomic E-state index is -0.351. The average Bonchev–Trinajstić information content (AvgIpc) is 2.94. The quantitative estimate of drug-likeness (QED) is 0.864. The second-order valence-corrected chi connectivity index (χ2v) is 5.10. The summed E-state index contributed by atoms with van der Waals surface area (Å²) in [5, 5.41) is 2.80. The molecule has 0 bridgehead atoms. The third kappa shape index (κ3) is 3.64. The Kier molecular flexibility index (Phi) is 4.68. The Morgan fingerprint density at radius 1 is 1.37 bits per heavy atom. The van der Waals surface area contributed by atoms with Crippen LogP contribution < -0.4 is 5.32 Å². The van der Waals surface area contributed by atoms with Gasteiger partial charge in [0, 0.05) is 18.0 Å². The molecule has 0 unspecified atom stereocenters. The molecule has 5 nitrogen and oxygen atoms in total. The van der Waals surface area contributed by atoms with Gasteiger partial charge >= 0.3 is 12.0 Å². The number of thioether (sulfide) groups is 1. The number of amides is 2. The number of urea groups is 1. The van der Waals surface area contributed by atoms with Gasteiger partial charge in [-0.2, -0.15) is 0 Å². The van der Waals surface area contributed by atoms with Crippen molar-refractivity contribution in [3.05, 3.63) is 29.8 Å². The smallest absolute Gasteiger partial charge is 0.338 e. The molecule has 102 valence electrons. The lowest BCUT2D eigenvalue weighted by atomic mass is 10.2. The number of hydrogen-bond donors (Lipinski definition) is 1. The Bertz CT molecular complexity index is 455. The number of anilines is 1. The van der Waals surface area contributed by atoms with Crippen LogP contribution in [-0.2, 0) is 4.74 Å². The molecule has 1 saturated heterocycles.